The van der Waals surface area contributed by atoms with Crippen LogP contribution in [0.1, 0.15) is 26.3 Å². The van der Waals surface area contributed by atoms with Gasteiger partial charge in [0.2, 0.25) is 5.91 Å². The lowest BCUT2D eigenvalue weighted by Gasteiger charge is -2.18. The van der Waals surface area contributed by atoms with Crippen LogP contribution in [0.5, 0.6) is 0 Å². The molecule has 0 saturated heterocycles. The van der Waals surface area contributed by atoms with Crippen molar-refractivity contribution in [1.29, 1.82) is 0 Å². The number of thiazole rings is 1. The van der Waals surface area contributed by atoms with Crippen molar-refractivity contribution >= 4 is 44.8 Å². The summed E-state index contributed by atoms with van der Waals surface area (Å²) in [6.07, 6.45) is 0. The summed E-state index contributed by atoms with van der Waals surface area (Å²) in [5.41, 5.74) is 2.74. The molecule has 1 aromatic heterocycles. The van der Waals surface area contributed by atoms with E-state index in [-0.39, 0.29) is 5.91 Å². The number of carbonyl (C=O) groups excluding carboxylic acids is 1. The minimum Gasteiger partial charge on any atom is -0.358 e. The molecule has 0 saturated carbocycles. The van der Waals surface area contributed by atoms with Gasteiger partial charge in [-0.3, -0.25) is 4.79 Å². The molecule has 0 aliphatic rings. The van der Waals surface area contributed by atoms with E-state index in [9.17, 15) is 4.79 Å². The van der Waals surface area contributed by atoms with Crippen LogP contribution in [0.4, 0.5) is 0 Å². The van der Waals surface area contributed by atoms with Crippen molar-refractivity contribution in [1.82, 2.24) is 15.6 Å². The average Bonchev–Trinajstić information content (AvgIpc) is 3.03. The number of thiocarbonyl (C=S) groups is 1. The fourth-order valence-corrected chi connectivity index (χ4v) is 3.41. The van der Waals surface area contributed by atoms with E-state index in [0.29, 0.717) is 11.7 Å². The highest BCUT2D eigenvalue weighted by molar-refractivity contribution is 7.80. The van der Waals surface area contributed by atoms with Gasteiger partial charge in [0.15, 0.2) is 5.11 Å². The zero-order valence-electron chi connectivity index (χ0n) is 15.0. The van der Waals surface area contributed by atoms with Gasteiger partial charge in [-0.15, -0.1) is 11.3 Å². The SMILES string of the molecule is CC(C)(C)C(=O)NC(=S)NCc1ccc(-c2nc3ccccc3s2)cc1. The van der Waals surface area contributed by atoms with Crippen molar-refractivity contribution in [2.24, 2.45) is 5.41 Å². The Hall–Kier alpha value is -2.31. The van der Waals surface area contributed by atoms with Crippen molar-refractivity contribution in [2.75, 3.05) is 0 Å². The first-order valence-electron chi connectivity index (χ1n) is 8.37. The van der Waals surface area contributed by atoms with Gasteiger partial charge in [0.1, 0.15) is 5.01 Å². The van der Waals surface area contributed by atoms with Gasteiger partial charge >= 0.3 is 0 Å². The largest absolute Gasteiger partial charge is 0.358 e. The smallest absolute Gasteiger partial charge is 0.231 e. The summed E-state index contributed by atoms with van der Waals surface area (Å²) in [6, 6.07) is 16.4. The average molecular weight is 384 g/mol. The zero-order chi connectivity index (χ0) is 18.7. The third-order valence-electron chi connectivity index (χ3n) is 3.86. The Bertz CT molecular complexity index is 907. The van der Waals surface area contributed by atoms with Crippen LogP contribution in [0.15, 0.2) is 48.5 Å². The Balaban J connectivity index is 1.61. The highest BCUT2D eigenvalue weighted by Gasteiger charge is 2.21. The Morgan fingerprint density at radius 2 is 1.81 bits per heavy atom. The molecule has 0 fully saturated rings. The molecular formula is C20H21N3OS2. The van der Waals surface area contributed by atoms with Gasteiger partial charge in [-0.1, -0.05) is 57.2 Å². The molecule has 0 unspecified atom stereocenters. The third kappa shape index (κ3) is 4.45. The summed E-state index contributed by atoms with van der Waals surface area (Å²) < 4.78 is 1.19. The molecule has 1 heterocycles. The van der Waals surface area contributed by atoms with Crippen molar-refractivity contribution in [3.63, 3.8) is 0 Å². The van der Waals surface area contributed by atoms with E-state index in [1.807, 2.05) is 51.1 Å². The quantitative estimate of drug-likeness (QED) is 0.654. The van der Waals surface area contributed by atoms with E-state index in [2.05, 4.69) is 33.8 Å². The molecule has 134 valence electrons. The van der Waals surface area contributed by atoms with E-state index in [1.165, 1.54) is 4.70 Å². The van der Waals surface area contributed by atoms with Crippen molar-refractivity contribution in [3.8, 4) is 10.6 Å². The van der Waals surface area contributed by atoms with E-state index in [4.69, 9.17) is 12.2 Å². The minimum absolute atomic E-state index is 0.0961. The Labute approximate surface area is 162 Å². The van der Waals surface area contributed by atoms with Crippen LogP contribution in [0, 0.1) is 5.41 Å². The lowest BCUT2D eigenvalue weighted by molar-refractivity contribution is -0.126. The molecule has 0 aliphatic heterocycles. The van der Waals surface area contributed by atoms with Crippen LogP contribution in [-0.2, 0) is 11.3 Å². The number of para-hydroxylation sites is 1. The molecular weight excluding hydrogens is 362 g/mol. The number of fused-ring (bicyclic) bond motifs is 1. The minimum atomic E-state index is -0.468. The van der Waals surface area contributed by atoms with E-state index < -0.39 is 5.41 Å². The lowest BCUT2D eigenvalue weighted by Crippen LogP contribution is -2.44. The van der Waals surface area contributed by atoms with Gasteiger partial charge in [0.25, 0.3) is 0 Å². The topological polar surface area (TPSA) is 54.0 Å². The summed E-state index contributed by atoms with van der Waals surface area (Å²) in [7, 11) is 0. The van der Waals surface area contributed by atoms with Crippen molar-refractivity contribution in [3.05, 3.63) is 54.1 Å². The maximum absolute atomic E-state index is 11.9. The molecule has 26 heavy (non-hydrogen) atoms. The van der Waals surface area contributed by atoms with Gasteiger partial charge in [-0.25, -0.2) is 4.98 Å². The van der Waals surface area contributed by atoms with E-state index in [0.717, 1.165) is 21.7 Å². The van der Waals surface area contributed by atoms with Crippen LogP contribution in [0.3, 0.4) is 0 Å². The molecule has 0 aliphatic carbocycles. The Morgan fingerprint density at radius 3 is 2.46 bits per heavy atom. The molecule has 0 bridgehead atoms. The summed E-state index contributed by atoms with van der Waals surface area (Å²) in [5.74, 6) is -0.0961. The second-order valence-corrected chi connectivity index (χ2v) is 8.51. The second-order valence-electron chi connectivity index (χ2n) is 7.07. The highest BCUT2D eigenvalue weighted by Crippen LogP contribution is 2.29. The summed E-state index contributed by atoms with van der Waals surface area (Å²) in [4.78, 5) is 16.6. The molecule has 0 spiro atoms. The van der Waals surface area contributed by atoms with Crippen LogP contribution >= 0.6 is 23.6 Å². The van der Waals surface area contributed by atoms with Crippen molar-refractivity contribution in [2.45, 2.75) is 27.3 Å². The normalized spacial score (nSPS) is 11.3. The van der Waals surface area contributed by atoms with Gasteiger partial charge in [-0.2, -0.15) is 0 Å². The molecule has 3 rings (SSSR count). The van der Waals surface area contributed by atoms with Gasteiger partial charge < -0.3 is 10.6 Å². The van der Waals surface area contributed by atoms with Gasteiger partial charge in [0, 0.05) is 17.5 Å². The Kier molecular flexibility index (Phi) is 5.34. The number of amides is 1. The first-order chi connectivity index (χ1) is 12.3. The predicted octanol–water partition coefficient (Wildman–Crippen LogP) is 4.50. The Morgan fingerprint density at radius 1 is 1.12 bits per heavy atom. The predicted molar refractivity (Wildman–Crippen MR) is 112 cm³/mol. The number of nitrogens with zero attached hydrogens (tertiary/aromatic N) is 1. The summed E-state index contributed by atoms with van der Waals surface area (Å²) in [5, 5.41) is 7.14. The maximum atomic E-state index is 11.9. The second kappa shape index (κ2) is 7.51. The number of nitrogens with one attached hydrogen (secondary N) is 2. The zero-order valence-corrected chi connectivity index (χ0v) is 16.6. The fourth-order valence-electron chi connectivity index (χ4n) is 2.28. The van der Waals surface area contributed by atoms with Gasteiger partial charge in [-0.05, 0) is 29.9 Å². The molecule has 0 atom stereocenters. The van der Waals surface area contributed by atoms with Crippen LogP contribution < -0.4 is 10.6 Å². The molecule has 2 aromatic carbocycles. The summed E-state index contributed by atoms with van der Waals surface area (Å²) >= 11 is 6.87. The molecule has 6 heteroatoms. The first kappa shape index (κ1) is 18.5. The lowest BCUT2D eigenvalue weighted by atomic mass is 9.96. The van der Waals surface area contributed by atoms with E-state index in [1.54, 1.807) is 11.3 Å². The van der Waals surface area contributed by atoms with Crippen LogP contribution in [0.25, 0.3) is 20.8 Å². The number of carbonyl (C=O) groups is 1. The molecule has 2 N–H and O–H groups in total. The molecule has 3 aromatic rings. The molecule has 0 radical (unpaired) electrons. The van der Waals surface area contributed by atoms with E-state index >= 15 is 0 Å². The number of hydrogen-bond acceptors (Lipinski definition) is 4. The standard InChI is InChI=1S/C20H21N3OS2/c1-20(2,3)18(24)23-19(25)21-12-13-8-10-14(11-9-13)17-22-15-6-4-5-7-16(15)26-17/h4-11H,12H2,1-3H3,(H2,21,23,24,25). The monoisotopic (exact) mass is 383 g/mol. The van der Waals surface area contributed by atoms with Crippen LogP contribution in [0.2, 0.25) is 0 Å². The fraction of sp³-hybridized carbons (Fsp3) is 0.250. The molecule has 4 nitrogen and oxygen atoms in total. The first-order valence-corrected chi connectivity index (χ1v) is 9.59. The van der Waals surface area contributed by atoms with Crippen molar-refractivity contribution < 1.29 is 4.79 Å². The highest BCUT2D eigenvalue weighted by atomic mass is 32.1. The van der Waals surface area contributed by atoms with Crippen LogP contribution in [-0.4, -0.2) is 16.0 Å². The number of benzene rings is 2. The van der Waals surface area contributed by atoms with Gasteiger partial charge in [0.05, 0.1) is 10.2 Å². The third-order valence-corrected chi connectivity index (χ3v) is 5.19. The number of rotatable bonds is 3. The summed E-state index contributed by atoms with van der Waals surface area (Å²) in [6.45, 7) is 6.12. The number of hydrogen-bond donors (Lipinski definition) is 2. The number of aromatic nitrogens is 1. The molecule has 1 amide bonds. The maximum Gasteiger partial charge on any atom is 0.231 e.